The average molecular weight is 330 g/mol. The highest BCUT2D eigenvalue weighted by Gasteiger charge is 2.14. The number of carbonyl (C=O) groups excluding carboxylic acids is 1. The predicted molar refractivity (Wildman–Crippen MR) is 87.4 cm³/mol. The number of non-ortho nitro benzene ring substituents is 1. The van der Waals surface area contributed by atoms with Gasteiger partial charge in [0.15, 0.2) is 0 Å². The molecule has 24 heavy (non-hydrogen) atoms. The zero-order valence-electron chi connectivity index (χ0n) is 13.2. The SMILES string of the molecule is CO[C@H](Cc1ccc([N+](=O)[O-])cc1)NC(=O)OCc1ccccc1. The molecular formula is C17H18N2O5. The molecule has 0 radical (unpaired) electrons. The molecule has 0 aromatic heterocycles. The van der Waals surface area contributed by atoms with Gasteiger partial charge in [0.2, 0.25) is 0 Å². The van der Waals surface area contributed by atoms with E-state index in [-0.39, 0.29) is 12.3 Å². The van der Waals surface area contributed by atoms with Gasteiger partial charge >= 0.3 is 6.09 Å². The monoisotopic (exact) mass is 330 g/mol. The topological polar surface area (TPSA) is 90.7 Å². The summed E-state index contributed by atoms with van der Waals surface area (Å²) in [5.41, 5.74) is 1.70. The number of ether oxygens (including phenoxy) is 2. The van der Waals surface area contributed by atoms with Crippen molar-refractivity contribution in [1.82, 2.24) is 5.32 Å². The van der Waals surface area contributed by atoms with Crippen molar-refractivity contribution in [2.24, 2.45) is 0 Å². The van der Waals surface area contributed by atoms with E-state index in [1.54, 1.807) is 12.1 Å². The molecule has 126 valence electrons. The van der Waals surface area contributed by atoms with Crippen LogP contribution in [-0.2, 0) is 22.5 Å². The number of nitro groups is 1. The summed E-state index contributed by atoms with van der Waals surface area (Å²) in [5, 5.41) is 13.2. The average Bonchev–Trinajstić information content (AvgIpc) is 2.60. The first-order valence-electron chi connectivity index (χ1n) is 7.32. The van der Waals surface area contributed by atoms with Gasteiger partial charge in [0.1, 0.15) is 12.8 Å². The number of hydrogen-bond donors (Lipinski definition) is 1. The number of methoxy groups -OCH3 is 1. The van der Waals surface area contributed by atoms with Crippen molar-refractivity contribution in [2.45, 2.75) is 19.3 Å². The Hall–Kier alpha value is -2.93. The number of amides is 1. The van der Waals surface area contributed by atoms with Crippen molar-refractivity contribution in [3.63, 3.8) is 0 Å². The van der Waals surface area contributed by atoms with E-state index >= 15 is 0 Å². The zero-order valence-corrected chi connectivity index (χ0v) is 13.2. The summed E-state index contributed by atoms with van der Waals surface area (Å²) in [6, 6.07) is 15.4. The molecule has 0 fully saturated rings. The van der Waals surface area contributed by atoms with E-state index < -0.39 is 17.2 Å². The van der Waals surface area contributed by atoms with Crippen LogP contribution < -0.4 is 5.32 Å². The molecule has 0 aliphatic heterocycles. The zero-order chi connectivity index (χ0) is 17.4. The summed E-state index contributed by atoms with van der Waals surface area (Å²) in [6.45, 7) is 0.167. The van der Waals surface area contributed by atoms with Gasteiger partial charge in [-0.05, 0) is 11.1 Å². The first-order chi connectivity index (χ1) is 11.6. The fraction of sp³-hybridized carbons (Fsp3) is 0.235. The minimum atomic E-state index is -0.590. The molecule has 2 rings (SSSR count). The van der Waals surface area contributed by atoms with E-state index in [2.05, 4.69) is 5.32 Å². The Balaban J connectivity index is 1.84. The van der Waals surface area contributed by atoms with Crippen LogP contribution in [0.3, 0.4) is 0 Å². The Bertz CT molecular complexity index is 673. The minimum absolute atomic E-state index is 0.0166. The van der Waals surface area contributed by atoms with Gasteiger partial charge in [-0.3, -0.25) is 15.4 Å². The number of nitrogens with one attached hydrogen (secondary N) is 1. The highest BCUT2D eigenvalue weighted by atomic mass is 16.6. The lowest BCUT2D eigenvalue weighted by molar-refractivity contribution is -0.384. The van der Waals surface area contributed by atoms with E-state index in [4.69, 9.17) is 9.47 Å². The maximum Gasteiger partial charge on any atom is 0.409 e. The van der Waals surface area contributed by atoms with Crippen LogP contribution in [0.1, 0.15) is 11.1 Å². The van der Waals surface area contributed by atoms with Crippen molar-refractivity contribution in [1.29, 1.82) is 0 Å². The lowest BCUT2D eigenvalue weighted by Gasteiger charge is -2.17. The molecule has 0 aliphatic carbocycles. The molecule has 1 amide bonds. The van der Waals surface area contributed by atoms with Crippen LogP contribution >= 0.6 is 0 Å². The summed E-state index contributed by atoms with van der Waals surface area (Å²) in [5.74, 6) is 0. The second-order valence-electron chi connectivity index (χ2n) is 5.06. The van der Waals surface area contributed by atoms with Gasteiger partial charge < -0.3 is 9.47 Å². The molecule has 2 aromatic rings. The van der Waals surface area contributed by atoms with E-state index in [0.29, 0.717) is 6.42 Å². The molecule has 0 unspecified atom stereocenters. The van der Waals surface area contributed by atoms with Crippen molar-refractivity contribution >= 4 is 11.8 Å². The van der Waals surface area contributed by atoms with Crippen LogP contribution in [0.2, 0.25) is 0 Å². The smallest absolute Gasteiger partial charge is 0.409 e. The van der Waals surface area contributed by atoms with Crippen molar-refractivity contribution < 1.29 is 19.2 Å². The number of nitrogens with zero attached hydrogens (tertiary/aromatic N) is 1. The Morgan fingerprint density at radius 2 is 1.79 bits per heavy atom. The quantitative estimate of drug-likeness (QED) is 0.479. The fourth-order valence-corrected chi connectivity index (χ4v) is 2.06. The molecule has 0 bridgehead atoms. The van der Waals surface area contributed by atoms with Gasteiger partial charge in [-0.2, -0.15) is 0 Å². The number of nitro benzene ring substituents is 1. The number of benzene rings is 2. The molecule has 7 heteroatoms. The minimum Gasteiger partial charge on any atom is -0.445 e. The summed E-state index contributed by atoms with van der Waals surface area (Å²) < 4.78 is 10.3. The number of alkyl carbamates (subject to hydrolysis) is 1. The van der Waals surface area contributed by atoms with Crippen molar-refractivity contribution in [3.05, 3.63) is 75.8 Å². The first kappa shape index (κ1) is 17.4. The third-order valence-electron chi connectivity index (χ3n) is 3.34. The lowest BCUT2D eigenvalue weighted by Crippen LogP contribution is -2.38. The molecule has 7 nitrogen and oxygen atoms in total. The van der Waals surface area contributed by atoms with E-state index in [9.17, 15) is 14.9 Å². The highest BCUT2D eigenvalue weighted by molar-refractivity contribution is 5.67. The third-order valence-corrected chi connectivity index (χ3v) is 3.34. The largest absolute Gasteiger partial charge is 0.445 e. The fourth-order valence-electron chi connectivity index (χ4n) is 2.06. The summed E-state index contributed by atoms with van der Waals surface area (Å²) in [6.07, 6.45) is -0.808. The molecule has 0 saturated heterocycles. The lowest BCUT2D eigenvalue weighted by atomic mass is 10.1. The molecule has 2 aromatic carbocycles. The number of hydrogen-bond acceptors (Lipinski definition) is 5. The molecule has 0 saturated carbocycles. The van der Waals surface area contributed by atoms with Gasteiger partial charge in [-0.25, -0.2) is 4.79 Å². The van der Waals surface area contributed by atoms with Gasteiger partial charge in [0.05, 0.1) is 4.92 Å². The van der Waals surface area contributed by atoms with Gasteiger partial charge in [0.25, 0.3) is 5.69 Å². The number of carbonyl (C=O) groups is 1. The third kappa shape index (κ3) is 5.36. The number of rotatable bonds is 7. The Morgan fingerprint density at radius 1 is 1.12 bits per heavy atom. The van der Waals surface area contributed by atoms with Crippen LogP contribution in [0.25, 0.3) is 0 Å². The molecule has 1 N–H and O–H groups in total. The maximum absolute atomic E-state index is 11.8. The summed E-state index contributed by atoms with van der Waals surface area (Å²) in [4.78, 5) is 22.0. The van der Waals surface area contributed by atoms with Crippen molar-refractivity contribution in [2.75, 3.05) is 7.11 Å². The van der Waals surface area contributed by atoms with E-state index in [1.807, 2.05) is 30.3 Å². The molecule has 0 aliphatic rings. The maximum atomic E-state index is 11.8. The molecular weight excluding hydrogens is 312 g/mol. The Labute approximate surface area is 139 Å². The normalized spacial score (nSPS) is 11.5. The summed E-state index contributed by atoms with van der Waals surface area (Å²) in [7, 11) is 1.47. The van der Waals surface area contributed by atoms with Crippen molar-refractivity contribution in [3.8, 4) is 0 Å². The van der Waals surface area contributed by atoms with Crippen LogP contribution in [0, 0.1) is 10.1 Å². The van der Waals surface area contributed by atoms with Gasteiger partial charge in [-0.1, -0.05) is 42.5 Å². The molecule has 0 spiro atoms. The first-order valence-corrected chi connectivity index (χ1v) is 7.32. The highest BCUT2D eigenvalue weighted by Crippen LogP contribution is 2.13. The van der Waals surface area contributed by atoms with Crippen LogP contribution in [-0.4, -0.2) is 24.4 Å². The molecule has 0 heterocycles. The van der Waals surface area contributed by atoms with Crippen LogP contribution in [0.15, 0.2) is 54.6 Å². The van der Waals surface area contributed by atoms with Crippen LogP contribution in [0.4, 0.5) is 10.5 Å². The van der Waals surface area contributed by atoms with Gasteiger partial charge in [-0.15, -0.1) is 0 Å². The van der Waals surface area contributed by atoms with E-state index in [1.165, 1.54) is 19.2 Å². The Kier molecular flexibility index (Phi) is 6.27. The standard InChI is InChI=1S/C17H18N2O5/c1-23-16(11-13-7-9-15(10-8-13)19(21)22)18-17(20)24-12-14-5-3-2-4-6-14/h2-10,16H,11-12H2,1H3,(H,18,20)/t16-/m1/s1. The predicted octanol–water partition coefficient (Wildman–Crippen LogP) is 3.04. The second kappa shape index (κ2) is 8.64. The summed E-state index contributed by atoms with van der Waals surface area (Å²) >= 11 is 0. The Morgan fingerprint density at radius 3 is 2.38 bits per heavy atom. The second-order valence-corrected chi connectivity index (χ2v) is 5.06. The van der Waals surface area contributed by atoms with Gasteiger partial charge in [0, 0.05) is 25.7 Å². The van der Waals surface area contributed by atoms with E-state index in [0.717, 1.165) is 11.1 Å². The van der Waals surface area contributed by atoms with Crippen LogP contribution in [0.5, 0.6) is 0 Å². The molecule has 1 atom stereocenters.